The van der Waals surface area contributed by atoms with Crippen molar-refractivity contribution in [3.05, 3.63) is 77.9 Å². The second kappa shape index (κ2) is 6.29. The Labute approximate surface area is 131 Å². The molecule has 0 N–H and O–H groups in total. The Bertz CT molecular complexity index is 665. The molecule has 2 aromatic rings. The summed E-state index contributed by atoms with van der Waals surface area (Å²) in [5, 5.41) is 0. The zero-order chi connectivity index (χ0) is 15.4. The van der Waals surface area contributed by atoms with E-state index in [1.165, 1.54) is 5.56 Å². The summed E-state index contributed by atoms with van der Waals surface area (Å²) < 4.78 is 5.94. The molecule has 2 aromatic carbocycles. The van der Waals surface area contributed by atoms with Crippen LogP contribution in [-0.4, -0.2) is 12.4 Å². The summed E-state index contributed by atoms with van der Waals surface area (Å²) in [5.74, 6) is 0.308. The van der Waals surface area contributed by atoms with Crippen LogP contribution in [0.25, 0.3) is 6.08 Å². The average molecular weight is 292 g/mol. The number of ether oxygens (including phenoxy) is 1. The molecule has 2 heteroatoms. The highest BCUT2D eigenvalue weighted by Gasteiger charge is 2.45. The quantitative estimate of drug-likeness (QED) is 0.799. The Morgan fingerprint density at radius 3 is 2.41 bits per heavy atom. The predicted octanol–water partition coefficient (Wildman–Crippen LogP) is 4.15. The van der Waals surface area contributed by atoms with Gasteiger partial charge in [-0.15, -0.1) is 0 Å². The van der Waals surface area contributed by atoms with Gasteiger partial charge in [-0.1, -0.05) is 67.3 Å². The van der Waals surface area contributed by atoms with Crippen molar-refractivity contribution < 1.29 is 9.53 Å². The number of ketones is 1. The minimum absolute atomic E-state index is 0.184. The van der Waals surface area contributed by atoms with Gasteiger partial charge in [-0.05, 0) is 16.7 Å². The Balaban J connectivity index is 1.75. The molecule has 1 saturated carbocycles. The molecule has 2 nitrogen and oxygen atoms in total. The lowest BCUT2D eigenvalue weighted by atomic mass is 9.63. The first kappa shape index (κ1) is 14.7. The van der Waals surface area contributed by atoms with Crippen LogP contribution in [-0.2, 0) is 21.6 Å². The van der Waals surface area contributed by atoms with E-state index in [-0.39, 0.29) is 5.41 Å². The molecule has 1 aliphatic carbocycles. The van der Waals surface area contributed by atoms with Gasteiger partial charge in [0.1, 0.15) is 5.78 Å². The first-order valence-corrected chi connectivity index (χ1v) is 7.59. The largest absolute Gasteiger partial charge is 0.376 e. The Hall–Kier alpha value is -2.19. The van der Waals surface area contributed by atoms with Crippen molar-refractivity contribution in [1.29, 1.82) is 0 Å². The van der Waals surface area contributed by atoms with Gasteiger partial charge in [0.25, 0.3) is 0 Å². The lowest BCUT2D eigenvalue weighted by Gasteiger charge is -2.41. The van der Waals surface area contributed by atoms with Gasteiger partial charge in [-0.25, -0.2) is 0 Å². The first-order valence-electron chi connectivity index (χ1n) is 7.59. The minimum atomic E-state index is -0.184. The Morgan fingerprint density at radius 2 is 1.73 bits per heavy atom. The second-order valence-corrected chi connectivity index (χ2v) is 5.94. The van der Waals surface area contributed by atoms with Crippen molar-refractivity contribution in [2.75, 3.05) is 6.61 Å². The van der Waals surface area contributed by atoms with Crippen LogP contribution >= 0.6 is 0 Å². The highest BCUT2D eigenvalue weighted by atomic mass is 16.5. The molecular weight excluding hydrogens is 272 g/mol. The molecule has 3 rings (SSSR count). The zero-order valence-electron chi connectivity index (χ0n) is 12.6. The van der Waals surface area contributed by atoms with Gasteiger partial charge in [-0.3, -0.25) is 4.79 Å². The topological polar surface area (TPSA) is 26.3 Å². The molecule has 0 saturated heterocycles. The summed E-state index contributed by atoms with van der Waals surface area (Å²) in [6, 6.07) is 18.3. The van der Waals surface area contributed by atoms with Gasteiger partial charge in [0.15, 0.2) is 0 Å². The maximum absolute atomic E-state index is 11.6. The van der Waals surface area contributed by atoms with Gasteiger partial charge in [-0.2, -0.15) is 0 Å². The van der Waals surface area contributed by atoms with Crippen molar-refractivity contribution in [2.45, 2.75) is 24.9 Å². The van der Waals surface area contributed by atoms with E-state index < -0.39 is 0 Å². The number of Topliss-reactive ketones (excluding diaryl/α,β-unsaturated/α-hetero) is 1. The van der Waals surface area contributed by atoms with E-state index in [9.17, 15) is 4.79 Å². The smallest absolute Gasteiger partial charge is 0.134 e. The standard InChI is InChI=1S/C20H20O2/c1-2-17-10-6-7-11-19(17)20(12-18(21)13-20)15-22-14-16-8-4-3-5-9-16/h2-11H,1,12-15H2. The van der Waals surface area contributed by atoms with Crippen molar-refractivity contribution in [2.24, 2.45) is 0 Å². The van der Waals surface area contributed by atoms with Crippen molar-refractivity contribution in [3.63, 3.8) is 0 Å². The monoisotopic (exact) mass is 292 g/mol. The Morgan fingerprint density at radius 1 is 1.05 bits per heavy atom. The van der Waals surface area contributed by atoms with Crippen LogP contribution in [0.3, 0.4) is 0 Å². The van der Waals surface area contributed by atoms with Crippen LogP contribution in [0.2, 0.25) is 0 Å². The zero-order valence-corrected chi connectivity index (χ0v) is 12.6. The summed E-state index contributed by atoms with van der Waals surface area (Å²) in [7, 11) is 0. The van der Waals surface area contributed by atoms with E-state index in [2.05, 4.69) is 24.8 Å². The molecule has 22 heavy (non-hydrogen) atoms. The number of benzene rings is 2. The SMILES string of the molecule is C=Cc1ccccc1C1(COCc2ccccc2)CC(=O)C1. The number of hydrogen-bond acceptors (Lipinski definition) is 2. The van der Waals surface area contributed by atoms with E-state index in [0.29, 0.717) is 31.8 Å². The third-order valence-corrected chi connectivity index (χ3v) is 4.31. The molecule has 0 atom stereocenters. The Kier molecular flexibility index (Phi) is 4.21. The molecule has 0 spiro atoms. The summed E-state index contributed by atoms with van der Waals surface area (Å²) in [5.41, 5.74) is 3.24. The van der Waals surface area contributed by atoms with Crippen molar-refractivity contribution in [3.8, 4) is 0 Å². The van der Waals surface area contributed by atoms with Gasteiger partial charge >= 0.3 is 0 Å². The van der Waals surface area contributed by atoms with Crippen LogP contribution in [0, 0.1) is 0 Å². The second-order valence-electron chi connectivity index (χ2n) is 5.94. The van der Waals surface area contributed by atoms with Gasteiger partial charge in [0.05, 0.1) is 13.2 Å². The number of rotatable bonds is 6. The molecule has 1 aliphatic rings. The fourth-order valence-corrected chi connectivity index (χ4v) is 3.17. The molecule has 0 aliphatic heterocycles. The van der Waals surface area contributed by atoms with Crippen LogP contribution < -0.4 is 0 Å². The fourth-order valence-electron chi connectivity index (χ4n) is 3.17. The van der Waals surface area contributed by atoms with Crippen LogP contribution in [0.1, 0.15) is 29.5 Å². The molecule has 0 heterocycles. The molecule has 0 amide bonds. The third-order valence-electron chi connectivity index (χ3n) is 4.31. The summed E-state index contributed by atoms with van der Waals surface area (Å²) in [6.45, 7) is 5.03. The van der Waals surface area contributed by atoms with Crippen molar-refractivity contribution >= 4 is 11.9 Å². The third kappa shape index (κ3) is 2.88. The van der Waals surface area contributed by atoms with E-state index in [1.54, 1.807) is 0 Å². The molecular formula is C20H20O2. The summed E-state index contributed by atoms with van der Waals surface area (Å²) >= 11 is 0. The van der Waals surface area contributed by atoms with E-state index in [1.807, 2.05) is 42.5 Å². The molecule has 0 bridgehead atoms. The number of hydrogen-bond donors (Lipinski definition) is 0. The van der Waals surface area contributed by atoms with Gasteiger partial charge < -0.3 is 4.74 Å². The summed E-state index contributed by atoms with van der Waals surface area (Å²) in [6.07, 6.45) is 2.98. The van der Waals surface area contributed by atoms with E-state index >= 15 is 0 Å². The predicted molar refractivity (Wildman–Crippen MR) is 88.6 cm³/mol. The number of carbonyl (C=O) groups excluding carboxylic acids is 1. The maximum atomic E-state index is 11.6. The van der Waals surface area contributed by atoms with Crippen LogP contribution in [0.15, 0.2) is 61.2 Å². The fraction of sp³-hybridized carbons (Fsp3) is 0.250. The number of carbonyl (C=O) groups is 1. The van der Waals surface area contributed by atoms with Gasteiger partial charge in [0, 0.05) is 18.3 Å². The molecule has 1 fully saturated rings. The highest BCUT2D eigenvalue weighted by Crippen LogP contribution is 2.43. The van der Waals surface area contributed by atoms with E-state index in [0.717, 1.165) is 11.1 Å². The van der Waals surface area contributed by atoms with Gasteiger partial charge in [0.2, 0.25) is 0 Å². The average Bonchev–Trinajstić information content (AvgIpc) is 2.54. The summed E-state index contributed by atoms with van der Waals surface area (Å²) in [4.78, 5) is 11.6. The molecule has 0 unspecified atom stereocenters. The molecule has 112 valence electrons. The van der Waals surface area contributed by atoms with E-state index in [4.69, 9.17) is 4.74 Å². The molecule has 0 radical (unpaired) electrons. The van der Waals surface area contributed by atoms with Crippen LogP contribution in [0.5, 0.6) is 0 Å². The lowest BCUT2D eigenvalue weighted by molar-refractivity contribution is -0.131. The lowest BCUT2D eigenvalue weighted by Crippen LogP contribution is -2.46. The molecule has 0 aromatic heterocycles. The normalized spacial score (nSPS) is 16.1. The maximum Gasteiger partial charge on any atom is 0.134 e. The van der Waals surface area contributed by atoms with Crippen molar-refractivity contribution in [1.82, 2.24) is 0 Å². The van der Waals surface area contributed by atoms with Crippen LogP contribution in [0.4, 0.5) is 0 Å². The first-order chi connectivity index (χ1) is 10.7. The highest BCUT2D eigenvalue weighted by molar-refractivity contribution is 5.89. The minimum Gasteiger partial charge on any atom is -0.376 e.